The number of amides is 2. The number of aryl methyl sites for hydroxylation is 1. The molecule has 136 valence electrons. The van der Waals surface area contributed by atoms with Crippen LogP contribution in [0, 0.1) is 6.92 Å². The predicted octanol–water partition coefficient (Wildman–Crippen LogP) is 1.99. The first-order valence-electron chi connectivity index (χ1n) is 7.89. The van der Waals surface area contributed by atoms with Crippen molar-refractivity contribution in [3.05, 3.63) is 71.7 Å². The van der Waals surface area contributed by atoms with Gasteiger partial charge in [-0.3, -0.25) is 30.7 Å². The smallest absolute Gasteiger partial charge is 0.275 e. The molecule has 2 heterocycles. The summed E-state index contributed by atoms with van der Waals surface area (Å²) in [7, 11) is 0. The highest BCUT2D eigenvalue weighted by Gasteiger charge is 2.21. The van der Waals surface area contributed by atoms with Crippen molar-refractivity contribution in [1.29, 1.82) is 0 Å². The van der Waals surface area contributed by atoms with Crippen LogP contribution >= 0.6 is 12.2 Å². The first kappa shape index (κ1) is 18.2. The molecule has 0 radical (unpaired) electrons. The second-order valence-corrected chi connectivity index (χ2v) is 5.84. The van der Waals surface area contributed by atoms with Gasteiger partial charge in [-0.2, -0.15) is 0 Å². The summed E-state index contributed by atoms with van der Waals surface area (Å²) in [6.07, 6.45) is 2.96. The van der Waals surface area contributed by atoms with Crippen molar-refractivity contribution in [2.24, 2.45) is 0 Å². The highest BCUT2D eigenvalue weighted by atomic mass is 32.1. The number of benzene rings is 1. The molecule has 3 aromatic rings. The summed E-state index contributed by atoms with van der Waals surface area (Å²) in [6.45, 7) is 1.64. The molecule has 0 fully saturated rings. The molecule has 0 spiro atoms. The molecule has 0 atom stereocenters. The summed E-state index contributed by atoms with van der Waals surface area (Å²) >= 11 is 5.02. The van der Waals surface area contributed by atoms with Gasteiger partial charge in [0.05, 0.1) is 5.56 Å². The van der Waals surface area contributed by atoms with E-state index in [0.717, 1.165) is 5.56 Å². The average molecular weight is 381 g/mol. The van der Waals surface area contributed by atoms with Crippen molar-refractivity contribution >= 4 is 29.1 Å². The Labute approximate surface area is 159 Å². The molecule has 27 heavy (non-hydrogen) atoms. The van der Waals surface area contributed by atoms with E-state index in [9.17, 15) is 9.59 Å². The Hall–Kier alpha value is -3.59. The van der Waals surface area contributed by atoms with E-state index in [4.69, 9.17) is 16.7 Å². The molecule has 0 aliphatic heterocycles. The monoisotopic (exact) mass is 381 g/mol. The third kappa shape index (κ3) is 4.33. The highest BCUT2D eigenvalue weighted by molar-refractivity contribution is 7.80. The molecule has 3 N–H and O–H groups in total. The lowest BCUT2D eigenvalue weighted by Gasteiger charge is -2.10. The van der Waals surface area contributed by atoms with Gasteiger partial charge in [0.25, 0.3) is 11.8 Å². The lowest BCUT2D eigenvalue weighted by atomic mass is 10.1. The van der Waals surface area contributed by atoms with Crippen molar-refractivity contribution in [2.45, 2.75) is 6.92 Å². The summed E-state index contributed by atoms with van der Waals surface area (Å²) in [4.78, 5) is 28.4. The molecule has 0 aliphatic carbocycles. The number of carbonyl (C=O) groups excluding carboxylic acids is 2. The Balaban J connectivity index is 1.64. The predicted molar refractivity (Wildman–Crippen MR) is 102 cm³/mol. The SMILES string of the molecule is Cc1onc(-c2ccccc2)c1C(=O)NNC(=S)NC(=O)c1cccnc1. The maximum Gasteiger partial charge on any atom is 0.275 e. The Kier molecular flexibility index (Phi) is 5.53. The maximum absolute atomic E-state index is 12.5. The van der Waals surface area contributed by atoms with Crippen molar-refractivity contribution < 1.29 is 14.1 Å². The molecule has 2 aromatic heterocycles. The Morgan fingerprint density at radius 1 is 1.04 bits per heavy atom. The molecule has 1 aromatic carbocycles. The molecule has 8 nitrogen and oxygen atoms in total. The van der Waals surface area contributed by atoms with Crippen LogP contribution in [0.15, 0.2) is 59.4 Å². The Bertz CT molecular complexity index is 973. The minimum atomic E-state index is -0.495. The molecule has 0 bridgehead atoms. The Morgan fingerprint density at radius 2 is 1.81 bits per heavy atom. The Morgan fingerprint density at radius 3 is 2.52 bits per heavy atom. The van der Waals surface area contributed by atoms with Crippen LogP contribution in [-0.2, 0) is 0 Å². The van der Waals surface area contributed by atoms with Crippen LogP contribution < -0.4 is 16.2 Å². The fourth-order valence-electron chi connectivity index (χ4n) is 2.31. The number of carbonyl (C=O) groups is 2. The van der Waals surface area contributed by atoms with Crippen LogP contribution in [0.3, 0.4) is 0 Å². The van der Waals surface area contributed by atoms with Gasteiger partial charge < -0.3 is 4.52 Å². The second-order valence-electron chi connectivity index (χ2n) is 5.43. The van der Waals surface area contributed by atoms with E-state index in [0.29, 0.717) is 17.0 Å². The third-order valence-electron chi connectivity index (χ3n) is 3.58. The van der Waals surface area contributed by atoms with Gasteiger partial charge in [0.1, 0.15) is 17.0 Å². The lowest BCUT2D eigenvalue weighted by molar-refractivity contribution is 0.0933. The van der Waals surface area contributed by atoms with Crippen molar-refractivity contribution in [2.75, 3.05) is 0 Å². The topological polar surface area (TPSA) is 109 Å². The zero-order valence-electron chi connectivity index (χ0n) is 14.2. The molecular weight excluding hydrogens is 366 g/mol. The quantitative estimate of drug-likeness (QED) is 0.470. The van der Waals surface area contributed by atoms with E-state index >= 15 is 0 Å². The largest absolute Gasteiger partial charge is 0.360 e. The van der Waals surface area contributed by atoms with E-state index in [2.05, 4.69) is 26.3 Å². The zero-order valence-corrected chi connectivity index (χ0v) is 15.0. The van der Waals surface area contributed by atoms with Gasteiger partial charge in [0, 0.05) is 18.0 Å². The van der Waals surface area contributed by atoms with Crippen LogP contribution in [-0.4, -0.2) is 27.1 Å². The molecule has 2 amide bonds. The maximum atomic E-state index is 12.5. The number of nitrogens with zero attached hydrogens (tertiary/aromatic N) is 2. The first-order chi connectivity index (χ1) is 13.1. The van der Waals surface area contributed by atoms with Crippen LogP contribution in [0.1, 0.15) is 26.5 Å². The number of hydrogen-bond donors (Lipinski definition) is 3. The van der Waals surface area contributed by atoms with E-state index in [1.807, 2.05) is 30.3 Å². The van der Waals surface area contributed by atoms with Crippen LogP contribution in [0.25, 0.3) is 11.3 Å². The fraction of sp³-hybridized carbons (Fsp3) is 0.0556. The summed E-state index contributed by atoms with van der Waals surface area (Å²) in [5.74, 6) is -0.579. The van der Waals surface area contributed by atoms with E-state index < -0.39 is 11.8 Å². The van der Waals surface area contributed by atoms with E-state index in [1.54, 1.807) is 25.3 Å². The minimum absolute atomic E-state index is 0.0624. The van der Waals surface area contributed by atoms with Gasteiger partial charge in [-0.25, -0.2) is 0 Å². The van der Waals surface area contributed by atoms with Crippen molar-refractivity contribution in [1.82, 2.24) is 26.3 Å². The third-order valence-corrected chi connectivity index (χ3v) is 3.78. The minimum Gasteiger partial charge on any atom is -0.360 e. The number of pyridine rings is 1. The number of rotatable bonds is 3. The van der Waals surface area contributed by atoms with Crippen LogP contribution in [0.2, 0.25) is 0 Å². The summed E-state index contributed by atoms with van der Waals surface area (Å²) in [6, 6.07) is 12.4. The van der Waals surface area contributed by atoms with Crippen molar-refractivity contribution in [3.8, 4) is 11.3 Å². The lowest BCUT2D eigenvalue weighted by Crippen LogP contribution is -2.48. The molecular formula is C18H15N5O3S. The molecule has 0 unspecified atom stereocenters. The van der Waals surface area contributed by atoms with Gasteiger partial charge in [-0.1, -0.05) is 35.5 Å². The highest BCUT2D eigenvalue weighted by Crippen LogP contribution is 2.24. The number of thiocarbonyl (C=S) groups is 1. The van der Waals surface area contributed by atoms with Gasteiger partial charge >= 0.3 is 0 Å². The van der Waals surface area contributed by atoms with E-state index in [1.165, 1.54) is 6.20 Å². The van der Waals surface area contributed by atoms with Crippen molar-refractivity contribution in [3.63, 3.8) is 0 Å². The van der Waals surface area contributed by atoms with E-state index in [-0.39, 0.29) is 10.7 Å². The zero-order chi connectivity index (χ0) is 19.2. The molecule has 0 aliphatic rings. The fourth-order valence-corrected chi connectivity index (χ4v) is 2.46. The number of aromatic nitrogens is 2. The summed E-state index contributed by atoms with van der Waals surface area (Å²) in [5.41, 5.74) is 6.69. The summed E-state index contributed by atoms with van der Waals surface area (Å²) in [5, 5.41) is 6.33. The average Bonchev–Trinajstić information content (AvgIpc) is 3.09. The summed E-state index contributed by atoms with van der Waals surface area (Å²) < 4.78 is 5.15. The molecule has 0 saturated carbocycles. The van der Waals surface area contributed by atoms with Gasteiger partial charge in [-0.15, -0.1) is 0 Å². The molecule has 3 rings (SSSR count). The molecule has 9 heteroatoms. The number of hydrogen-bond acceptors (Lipinski definition) is 6. The standard InChI is InChI=1S/C18H15N5O3S/c1-11-14(15(23-26-11)12-6-3-2-4-7-12)17(25)21-22-18(27)20-16(24)13-8-5-9-19-10-13/h2-10H,1H3,(H,21,25)(H2,20,22,24,27). The number of nitrogens with one attached hydrogen (secondary N) is 3. The molecule has 0 saturated heterocycles. The van der Waals surface area contributed by atoms with Crippen LogP contribution in [0.5, 0.6) is 0 Å². The number of hydrazine groups is 1. The second kappa shape index (κ2) is 8.19. The first-order valence-corrected chi connectivity index (χ1v) is 8.30. The van der Waals surface area contributed by atoms with Gasteiger partial charge in [0.15, 0.2) is 5.11 Å². The van der Waals surface area contributed by atoms with Crippen LogP contribution in [0.4, 0.5) is 0 Å². The van der Waals surface area contributed by atoms with Gasteiger partial charge in [-0.05, 0) is 31.3 Å². The normalized spacial score (nSPS) is 10.1. The van der Waals surface area contributed by atoms with Gasteiger partial charge in [0.2, 0.25) is 0 Å².